The molecule has 0 radical (unpaired) electrons. The number of amides is 2. The Kier molecular flexibility index (Phi) is 4.78. The number of hydrogen-bond donors (Lipinski definition) is 1. The van der Waals surface area contributed by atoms with E-state index in [2.05, 4.69) is 5.32 Å². The summed E-state index contributed by atoms with van der Waals surface area (Å²) in [4.78, 5) is 24.5. The lowest BCUT2D eigenvalue weighted by Crippen LogP contribution is -2.34. The molecule has 0 aromatic heterocycles. The predicted octanol–water partition coefficient (Wildman–Crippen LogP) is 1.52. The maximum absolute atomic E-state index is 11.3. The zero-order chi connectivity index (χ0) is 12.9. The fourth-order valence-corrected chi connectivity index (χ4v) is 1.72. The van der Waals surface area contributed by atoms with E-state index in [1.807, 2.05) is 25.7 Å². The van der Waals surface area contributed by atoms with Crippen molar-refractivity contribution in [1.82, 2.24) is 10.2 Å². The highest BCUT2D eigenvalue weighted by Crippen LogP contribution is 2.09. The highest BCUT2D eigenvalue weighted by Gasteiger charge is 2.19. The van der Waals surface area contributed by atoms with E-state index in [1.165, 1.54) is 0 Å². The Morgan fingerprint density at radius 2 is 2.18 bits per heavy atom. The first-order valence-corrected chi connectivity index (χ1v) is 6.13. The van der Waals surface area contributed by atoms with E-state index in [9.17, 15) is 9.59 Å². The van der Waals surface area contributed by atoms with E-state index in [0.717, 1.165) is 19.4 Å². The van der Waals surface area contributed by atoms with Crippen LogP contribution in [0, 0.1) is 0 Å². The summed E-state index contributed by atoms with van der Waals surface area (Å²) >= 11 is 0. The summed E-state index contributed by atoms with van der Waals surface area (Å²) in [6, 6.07) is 0. The molecule has 1 heterocycles. The van der Waals surface area contributed by atoms with E-state index in [-0.39, 0.29) is 5.91 Å². The molecule has 0 unspecified atom stereocenters. The van der Waals surface area contributed by atoms with E-state index < -0.39 is 11.7 Å². The first-order chi connectivity index (χ1) is 7.88. The van der Waals surface area contributed by atoms with Crippen molar-refractivity contribution in [3.63, 3.8) is 0 Å². The summed E-state index contributed by atoms with van der Waals surface area (Å²) in [5.74, 6) is 0.224. The Balaban J connectivity index is 2.08. The first kappa shape index (κ1) is 13.8. The SMILES string of the molecule is CC(C)(C)OC(=O)NCCCN1CCCC1=O. The quantitative estimate of drug-likeness (QED) is 0.760. The minimum Gasteiger partial charge on any atom is -0.444 e. The Hall–Kier alpha value is -1.26. The first-order valence-electron chi connectivity index (χ1n) is 6.13. The molecule has 1 aliphatic heterocycles. The van der Waals surface area contributed by atoms with Crippen molar-refractivity contribution in [3.05, 3.63) is 0 Å². The maximum Gasteiger partial charge on any atom is 0.407 e. The number of nitrogens with zero attached hydrogens (tertiary/aromatic N) is 1. The minimum absolute atomic E-state index is 0.224. The summed E-state index contributed by atoms with van der Waals surface area (Å²) in [5.41, 5.74) is -0.463. The summed E-state index contributed by atoms with van der Waals surface area (Å²) in [6.07, 6.45) is 1.99. The lowest BCUT2D eigenvalue weighted by molar-refractivity contribution is -0.127. The van der Waals surface area contributed by atoms with Crippen LogP contribution in [0.25, 0.3) is 0 Å². The highest BCUT2D eigenvalue weighted by atomic mass is 16.6. The largest absolute Gasteiger partial charge is 0.444 e. The standard InChI is InChI=1S/C12H22N2O3/c1-12(2,3)17-11(16)13-7-5-9-14-8-4-6-10(14)15/h4-9H2,1-3H3,(H,13,16). The van der Waals surface area contributed by atoms with Gasteiger partial charge in [-0.2, -0.15) is 0 Å². The molecule has 98 valence electrons. The smallest absolute Gasteiger partial charge is 0.407 e. The molecular formula is C12H22N2O3. The van der Waals surface area contributed by atoms with Gasteiger partial charge in [-0.3, -0.25) is 4.79 Å². The molecule has 2 amide bonds. The molecular weight excluding hydrogens is 220 g/mol. The highest BCUT2D eigenvalue weighted by molar-refractivity contribution is 5.78. The number of carbonyl (C=O) groups is 2. The molecule has 0 aromatic carbocycles. The van der Waals surface area contributed by atoms with E-state index in [0.29, 0.717) is 19.5 Å². The topological polar surface area (TPSA) is 58.6 Å². The normalized spacial score (nSPS) is 16.2. The monoisotopic (exact) mass is 242 g/mol. The van der Waals surface area contributed by atoms with Gasteiger partial charge in [-0.15, -0.1) is 0 Å². The molecule has 1 rings (SSSR count). The molecule has 0 aromatic rings. The number of rotatable bonds is 4. The van der Waals surface area contributed by atoms with Gasteiger partial charge in [0.25, 0.3) is 0 Å². The van der Waals surface area contributed by atoms with Crippen LogP contribution in [0.2, 0.25) is 0 Å². The van der Waals surface area contributed by atoms with Crippen LogP contribution in [0.4, 0.5) is 4.79 Å². The third-order valence-electron chi connectivity index (χ3n) is 2.44. The van der Waals surface area contributed by atoms with E-state index in [4.69, 9.17) is 4.74 Å². The number of likely N-dealkylation sites (tertiary alicyclic amines) is 1. The van der Waals surface area contributed by atoms with Gasteiger partial charge in [-0.25, -0.2) is 4.79 Å². The Bertz CT molecular complexity index is 284. The van der Waals surface area contributed by atoms with Crippen molar-refractivity contribution in [2.75, 3.05) is 19.6 Å². The van der Waals surface area contributed by atoms with Crippen LogP contribution in [-0.2, 0) is 9.53 Å². The second kappa shape index (κ2) is 5.89. The molecule has 1 fully saturated rings. The van der Waals surface area contributed by atoms with Gasteiger partial charge >= 0.3 is 6.09 Å². The van der Waals surface area contributed by atoms with Crippen molar-refractivity contribution in [2.45, 2.75) is 45.6 Å². The molecule has 5 nitrogen and oxygen atoms in total. The third-order valence-corrected chi connectivity index (χ3v) is 2.44. The van der Waals surface area contributed by atoms with Crippen molar-refractivity contribution in [2.24, 2.45) is 0 Å². The molecule has 5 heteroatoms. The van der Waals surface area contributed by atoms with Crippen molar-refractivity contribution in [3.8, 4) is 0 Å². The Labute approximate surface area is 102 Å². The molecule has 17 heavy (non-hydrogen) atoms. The van der Waals surface area contributed by atoms with Crippen LogP contribution in [0.15, 0.2) is 0 Å². The minimum atomic E-state index is -0.463. The predicted molar refractivity (Wildman–Crippen MR) is 64.7 cm³/mol. The molecule has 1 aliphatic rings. The zero-order valence-electron chi connectivity index (χ0n) is 10.9. The number of alkyl carbamates (subject to hydrolysis) is 1. The van der Waals surface area contributed by atoms with Crippen LogP contribution in [0.5, 0.6) is 0 Å². The van der Waals surface area contributed by atoms with Crippen molar-refractivity contribution < 1.29 is 14.3 Å². The van der Waals surface area contributed by atoms with Gasteiger partial charge in [-0.05, 0) is 33.6 Å². The summed E-state index contributed by atoms with van der Waals surface area (Å²) in [7, 11) is 0. The average molecular weight is 242 g/mol. The van der Waals surface area contributed by atoms with Crippen LogP contribution in [-0.4, -0.2) is 42.1 Å². The molecule has 1 saturated heterocycles. The second-order valence-corrected chi connectivity index (χ2v) is 5.27. The molecule has 1 N–H and O–H groups in total. The van der Waals surface area contributed by atoms with Gasteiger partial charge in [-0.1, -0.05) is 0 Å². The fourth-order valence-electron chi connectivity index (χ4n) is 1.72. The fraction of sp³-hybridized carbons (Fsp3) is 0.833. The van der Waals surface area contributed by atoms with Crippen LogP contribution < -0.4 is 5.32 Å². The number of hydrogen-bond acceptors (Lipinski definition) is 3. The van der Waals surface area contributed by atoms with Crippen LogP contribution in [0.3, 0.4) is 0 Å². The van der Waals surface area contributed by atoms with Crippen LogP contribution in [0.1, 0.15) is 40.0 Å². The number of carbonyl (C=O) groups excluding carboxylic acids is 2. The van der Waals surface area contributed by atoms with Gasteiger partial charge in [0.05, 0.1) is 0 Å². The van der Waals surface area contributed by atoms with E-state index in [1.54, 1.807) is 0 Å². The second-order valence-electron chi connectivity index (χ2n) is 5.27. The summed E-state index contributed by atoms with van der Waals surface area (Å²) in [5, 5.41) is 2.68. The number of ether oxygens (including phenoxy) is 1. The van der Waals surface area contributed by atoms with Crippen LogP contribution >= 0.6 is 0 Å². The Morgan fingerprint density at radius 3 is 2.71 bits per heavy atom. The van der Waals surface area contributed by atoms with Gasteiger partial charge < -0.3 is 15.0 Å². The molecule has 0 spiro atoms. The molecule has 0 saturated carbocycles. The summed E-state index contributed by atoms with van der Waals surface area (Å²) < 4.78 is 5.10. The van der Waals surface area contributed by atoms with Gasteiger partial charge in [0.2, 0.25) is 5.91 Å². The average Bonchev–Trinajstić information content (AvgIpc) is 2.56. The molecule has 0 bridgehead atoms. The van der Waals surface area contributed by atoms with Crippen molar-refractivity contribution in [1.29, 1.82) is 0 Å². The third kappa shape index (κ3) is 5.56. The van der Waals surface area contributed by atoms with Gasteiger partial charge in [0, 0.05) is 26.1 Å². The molecule has 0 aliphatic carbocycles. The summed E-state index contributed by atoms with van der Waals surface area (Å²) in [6.45, 7) is 7.60. The van der Waals surface area contributed by atoms with E-state index >= 15 is 0 Å². The zero-order valence-corrected chi connectivity index (χ0v) is 10.9. The number of nitrogens with one attached hydrogen (secondary N) is 1. The van der Waals surface area contributed by atoms with Crippen molar-refractivity contribution >= 4 is 12.0 Å². The maximum atomic E-state index is 11.3. The molecule has 0 atom stereocenters. The Morgan fingerprint density at radius 1 is 1.47 bits per heavy atom. The lowest BCUT2D eigenvalue weighted by Gasteiger charge is -2.20. The van der Waals surface area contributed by atoms with Gasteiger partial charge in [0.1, 0.15) is 5.60 Å². The lowest BCUT2D eigenvalue weighted by atomic mass is 10.2. The van der Waals surface area contributed by atoms with Gasteiger partial charge in [0.15, 0.2) is 0 Å².